The molecule has 1 amide bonds. The average molecular weight is 245 g/mol. The first-order valence-electron chi connectivity index (χ1n) is 6.04. The second kappa shape index (κ2) is 5.69. The number of amides is 1. The molecular weight excluding hydrogens is 222 g/mol. The Labute approximate surface area is 102 Å². The first-order chi connectivity index (χ1) is 7.83. The zero-order chi connectivity index (χ0) is 13.1. The number of ether oxygens (including phenoxy) is 2. The van der Waals surface area contributed by atoms with Crippen LogP contribution in [0.1, 0.15) is 40.0 Å². The second-order valence-electron chi connectivity index (χ2n) is 5.45. The summed E-state index contributed by atoms with van der Waals surface area (Å²) in [6, 6.07) is -0.288. The van der Waals surface area contributed by atoms with E-state index in [2.05, 4.69) is 5.32 Å². The molecule has 0 saturated heterocycles. The number of aliphatic hydroxyl groups excluding tert-OH is 1. The van der Waals surface area contributed by atoms with Gasteiger partial charge < -0.3 is 19.9 Å². The Balaban J connectivity index is 2.47. The van der Waals surface area contributed by atoms with E-state index in [1.165, 1.54) is 0 Å². The van der Waals surface area contributed by atoms with Crippen LogP contribution in [0.25, 0.3) is 0 Å². The monoisotopic (exact) mass is 245 g/mol. The number of alkyl carbamates (subject to hydrolysis) is 1. The van der Waals surface area contributed by atoms with Crippen molar-refractivity contribution < 1.29 is 19.4 Å². The lowest BCUT2D eigenvalue weighted by molar-refractivity contribution is -0.0541. The molecule has 5 nitrogen and oxygen atoms in total. The molecule has 1 aliphatic carbocycles. The van der Waals surface area contributed by atoms with E-state index in [0.29, 0.717) is 0 Å². The molecule has 0 aliphatic heterocycles. The van der Waals surface area contributed by atoms with Crippen LogP contribution in [0.4, 0.5) is 4.79 Å². The molecule has 0 radical (unpaired) electrons. The van der Waals surface area contributed by atoms with Crippen LogP contribution in [0.2, 0.25) is 0 Å². The number of carbonyl (C=O) groups is 1. The molecule has 0 bridgehead atoms. The van der Waals surface area contributed by atoms with Crippen molar-refractivity contribution in [2.24, 2.45) is 0 Å². The van der Waals surface area contributed by atoms with Crippen LogP contribution >= 0.6 is 0 Å². The van der Waals surface area contributed by atoms with Crippen LogP contribution in [-0.2, 0) is 9.47 Å². The summed E-state index contributed by atoms with van der Waals surface area (Å²) in [7, 11) is 1.57. The fraction of sp³-hybridized carbons (Fsp3) is 0.917. The zero-order valence-corrected chi connectivity index (χ0v) is 11.0. The third kappa shape index (κ3) is 4.52. The van der Waals surface area contributed by atoms with Gasteiger partial charge in [0.25, 0.3) is 0 Å². The minimum Gasteiger partial charge on any atom is -0.444 e. The predicted molar refractivity (Wildman–Crippen MR) is 63.8 cm³/mol. The summed E-state index contributed by atoms with van der Waals surface area (Å²) in [5, 5.41) is 12.7. The fourth-order valence-corrected chi connectivity index (χ4v) is 2.01. The van der Waals surface area contributed by atoms with E-state index in [0.717, 1.165) is 19.3 Å². The molecule has 1 aliphatic rings. The van der Waals surface area contributed by atoms with Crippen molar-refractivity contribution in [2.45, 2.75) is 63.9 Å². The van der Waals surface area contributed by atoms with E-state index in [-0.39, 0.29) is 12.1 Å². The van der Waals surface area contributed by atoms with Crippen molar-refractivity contribution in [1.82, 2.24) is 5.32 Å². The topological polar surface area (TPSA) is 67.8 Å². The van der Waals surface area contributed by atoms with Crippen molar-refractivity contribution in [3.63, 3.8) is 0 Å². The van der Waals surface area contributed by atoms with Gasteiger partial charge in [-0.1, -0.05) is 0 Å². The van der Waals surface area contributed by atoms with E-state index < -0.39 is 17.8 Å². The van der Waals surface area contributed by atoms with Gasteiger partial charge in [0.1, 0.15) is 11.7 Å². The van der Waals surface area contributed by atoms with Crippen LogP contribution in [0.5, 0.6) is 0 Å². The first-order valence-corrected chi connectivity index (χ1v) is 6.04. The number of methoxy groups -OCH3 is 1. The Morgan fingerprint density at radius 2 is 2.00 bits per heavy atom. The number of nitrogens with one attached hydrogen (secondary N) is 1. The predicted octanol–water partition coefficient (Wildman–Crippen LogP) is 1.44. The highest BCUT2D eigenvalue weighted by atomic mass is 16.6. The number of carbonyl (C=O) groups excluding carboxylic acids is 1. The van der Waals surface area contributed by atoms with Gasteiger partial charge in [0.15, 0.2) is 0 Å². The Morgan fingerprint density at radius 1 is 1.35 bits per heavy atom. The van der Waals surface area contributed by atoms with E-state index in [1.54, 1.807) is 7.11 Å². The summed E-state index contributed by atoms with van der Waals surface area (Å²) < 4.78 is 10.3. The van der Waals surface area contributed by atoms with Gasteiger partial charge in [-0.3, -0.25) is 0 Å². The zero-order valence-electron chi connectivity index (χ0n) is 11.0. The summed E-state index contributed by atoms with van der Waals surface area (Å²) in [5.41, 5.74) is -0.523. The number of hydrogen-bond donors (Lipinski definition) is 2. The van der Waals surface area contributed by atoms with Crippen molar-refractivity contribution in [2.75, 3.05) is 7.11 Å². The highest BCUT2D eigenvalue weighted by Crippen LogP contribution is 2.21. The third-order valence-corrected chi connectivity index (χ3v) is 2.80. The van der Waals surface area contributed by atoms with Crippen LogP contribution in [-0.4, -0.2) is 42.2 Å². The van der Waals surface area contributed by atoms with Gasteiger partial charge in [-0.25, -0.2) is 4.79 Å². The summed E-state index contributed by atoms with van der Waals surface area (Å²) >= 11 is 0. The fourth-order valence-electron chi connectivity index (χ4n) is 2.01. The van der Waals surface area contributed by atoms with Gasteiger partial charge >= 0.3 is 6.09 Å². The van der Waals surface area contributed by atoms with Crippen molar-refractivity contribution in [3.8, 4) is 0 Å². The minimum atomic E-state index is -0.665. The lowest BCUT2D eigenvalue weighted by atomic mass is 9.90. The molecule has 3 atom stereocenters. The smallest absolute Gasteiger partial charge is 0.407 e. The van der Waals surface area contributed by atoms with Gasteiger partial charge in [0.05, 0.1) is 12.1 Å². The van der Waals surface area contributed by atoms with E-state index in [9.17, 15) is 9.90 Å². The highest BCUT2D eigenvalue weighted by Gasteiger charge is 2.33. The molecule has 0 aromatic carbocycles. The summed E-state index contributed by atoms with van der Waals surface area (Å²) in [6.07, 6.45) is 1.14. The van der Waals surface area contributed by atoms with E-state index >= 15 is 0 Å². The molecule has 100 valence electrons. The number of aliphatic hydroxyl groups is 1. The molecule has 3 unspecified atom stereocenters. The van der Waals surface area contributed by atoms with Gasteiger partial charge in [0.2, 0.25) is 0 Å². The minimum absolute atomic E-state index is 0.205. The molecule has 2 N–H and O–H groups in total. The lowest BCUT2D eigenvalue weighted by Gasteiger charge is -2.34. The highest BCUT2D eigenvalue weighted by molar-refractivity contribution is 5.68. The van der Waals surface area contributed by atoms with Gasteiger partial charge in [-0.15, -0.1) is 0 Å². The first kappa shape index (κ1) is 14.3. The quantitative estimate of drug-likeness (QED) is 0.772. The Hall–Kier alpha value is -0.810. The third-order valence-electron chi connectivity index (χ3n) is 2.80. The van der Waals surface area contributed by atoms with Crippen LogP contribution in [0.15, 0.2) is 0 Å². The second-order valence-corrected chi connectivity index (χ2v) is 5.45. The van der Waals surface area contributed by atoms with Crippen LogP contribution in [0, 0.1) is 0 Å². The maximum atomic E-state index is 11.6. The Kier molecular flexibility index (Phi) is 4.77. The maximum absolute atomic E-state index is 11.6. The largest absolute Gasteiger partial charge is 0.444 e. The SMILES string of the molecule is COC1CCCC(NC(=O)OC(C)(C)C)C1O. The molecule has 0 spiro atoms. The summed E-state index contributed by atoms with van der Waals surface area (Å²) in [6.45, 7) is 5.42. The van der Waals surface area contributed by atoms with Gasteiger partial charge in [0, 0.05) is 7.11 Å². The number of rotatable bonds is 2. The van der Waals surface area contributed by atoms with E-state index in [4.69, 9.17) is 9.47 Å². The maximum Gasteiger partial charge on any atom is 0.407 e. The van der Waals surface area contributed by atoms with Crippen molar-refractivity contribution >= 4 is 6.09 Å². The average Bonchev–Trinajstić information content (AvgIpc) is 2.18. The molecule has 0 aromatic heterocycles. The summed E-state index contributed by atoms with van der Waals surface area (Å²) in [4.78, 5) is 11.6. The van der Waals surface area contributed by atoms with Crippen molar-refractivity contribution in [1.29, 1.82) is 0 Å². The van der Waals surface area contributed by atoms with Gasteiger partial charge in [-0.2, -0.15) is 0 Å². The van der Waals surface area contributed by atoms with Crippen molar-refractivity contribution in [3.05, 3.63) is 0 Å². The molecule has 1 fully saturated rings. The van der Waals surface area contributed by atoms with Crippen LogP contribution in [0.3, 0.4) is 0 Å². The molecule has 1 saturated carbocycles. The molecule has 1 rings (SSSR count). The summed E-state index contributed by atoms with van der Waals surface area (Å²) in [5.74, 6) is 0. The normalized spacial score (nSPS) is 29.8. The number of hydrogen-bond acceptors (Lipinski definition) is 4. The molecule has 5 heteroatoms. The van der Waals surface area contributed by atoms with E-state index in [1.807, 2.05) is 20.8 Å². The Morgan fingerprint density at radius 3 is 2.53 bits per heavy atom. The molecular formula is C12H23NO4. The molecule has 17 heavy (non-hydrogen) atoms. The lowest BCUT2D eigenvalue weighted by Crippen LogP contribution is -2.52. The Bertz CT molecular complexity index is 262. The molecule has 0 heterocycles. The molecule has 0 aromatic rings. The van der Waals surface area contributed by atoms with Crippen LogP contribution < -0.4 is 5.32 Å². The van der Waals surface area contributed by atoms with Gasteiger partial charge in [-0.05, 0) is 40.0 Å². The standard InChI is InChI=1S/C12H23NO4/c1-12(2,3)17-11(15)13-8-6-5-7-9(16-4)10(8)14/h8-10,14H,5-7H2,1-4H3,(H,13,15).